The highest BCUT2D eigenvalue weighted by molar-refractivity contribution is 6.35. The van der Waals surface area contributed by atoms with Crippen molar-refractivity contribution in [1.29, 1.82) is 0 Å². The Bertz CT molecular complexity index is 799. The maximum absolute atomic E-state index is 11.3. The summed E-state index contributed by atoms with van der Waals surface area (Å²) in [6.45, 7) is -3.57. The van der Waals surface area contributed by atoms with Gasteiger partial charge in [0, 0.05) is 25.2 Å². The van der Waals surface area contributed by atoms with Crippen LogP contribution in [-0.2, 0) is 12.1 Å². The fourth-order valence-corrected chi connectivity index (χ4v) is 2.46. The molecule has 1 unspecified atom stereocenters. The molecule has 1 N–H and O–H groups in total. The molecule has 2 aromatic rings. The van der Waals surface area contributed by atoms with Gasteiger partial charge in [0.05, 0.1) is 6.54 Å². The summed E-state index contributed by atoms with van der Waals surface area (Å²) < 4.78 is 55.0. The molecular weight excluding hydrogens is 297 g/mol. The smallest absolute Gasteiger partial charge is 0.137 e. The number of nitrogens with zero attached hydrogens (tertiary/aromatic N) is 3. The minimum Gasteiger partial charge on any atom is -0.383 e. The Kier molecular flexibility index (Phi) is 2.75. The molecule has 0 fully saturated rings. The van der Waals surface area contributed by atoms with Gasteiger partial charge < -0.3 is 5.11 Å². The quantitative estimate of drug-likeness (QED) is 0.883. The van der Waals surface area contributed by atoms with Gasteiger partial charge in [0.1, 0.15) is 18.3 Å². The zero-order valence-electron chi connectivity index (χ0n) is 17.3. The molecular formula is C14H17Cl2N3O. The van der Waals surface area contributed by atoms with Gasteiger partial charge in [0.2, 0.25) is 0 Å². The van der Waals surface area contributed by atoms with Crippen LogP contribution in [0.3, 0.4) is 0 Å². The summed E-state index contributed by atoms with van der Waals surface area (Å²) >= 11 is 12.0. The van der Waals surface area contributed by atoms with Crippen molar-refractivity contribution in [1.82, 2.24) is 14.8 Å². The maximum Gasteiger partial charge on any atom is 0.137 e. The summed E-state index contributed by atoms with van der Waals surface area (Å²) in [4.78, 5) is 3.75. The molecule has 0 aliphatic rings. The summed E-state index contributed by atoms with van der Waals surface area (Å²) in [5, 5.41) is 15.5. The number of halogens is 2. The minimum absolute atomic E-state index is 0.0235. The Morgan fingerprint density at radius 2 is 2.35 bits per heavy atom. The van der Waals surface area contributed by atoms with Crippen LogP contribution in [0.1, 0.15) is 41.2 Å². The van der Waals surface area contributed by atoms with Gasteiger partial charge in [-0.2, -0.15) is 5.10 Å². The maximum atomic E-state index is 11.3. The van der Waals surface area contributed by atoms with Crippen molar-refractivity contribution in [3.05, 3.63) is 46.5 Å². The van der Waals surface area contributed by atoms with Crippen molar-refractivity contribution in [2.24, 2.45) is 0 Å². The third kappa shape index (κ3) is 3.51. The van der Waals surface area contributed by atoms with E-state index in [1.807, 2.05) is 0 Å². The number of aliphatic hydroxyl groups is 1. The third-order valence-electron chi connectivity index (χ3n) is 2.79. The molecule has 1 aromatic heterocycles. The predicted molar refractivity (Wildman–Crippen MR) is 79.9 cm³/mol. The van der Waals surface area contributed by atoms with Crippen LogP contribution in [0.5, 0.6) is 0 Å². The lowest BCUT2D eigenvalue weighted by molar-refractivity contribution is 0.00429. The molecule has 0 radical (unpaired) electrons. The molecule has 2 rings (SSSR count). The Hall–Kier alpha value is -1.10. The van der Waals surface area contributed by atoms with Gasteiger partial charge in [-0.1, -0.05) is 48.9 Å². The molecule has 0 aliphatic heterocycles. The highest BCUT2D eigenvalue weighted by atomic mass is 35.5. The molecule has 0 aliphatic carbocycles. The Balaban J connectivity index is 2.53. The highest BCUT2D eigenvalue weighted by Crippen LogP contribution is 2.35. The number of benzene rings is 1. The normalized spacial score (nSPS) is 21.4. The lowest BCUT2D eigenvalue weighted by Crippen LogP contribution is -2.32. The number of aromatic nitrogens is 3. The van der Waals surface area contributed by atoms with E-state index in [1.165, 1.54) is 35.5 Å². The molecule has 0 saturated carbocycles. The summed E-state index contributed by atoms with van der Waals surface area (Å²) in [5.74, 6) is 0. The van der Waals surface area contributed by atoms with Gasteiger partial charge in [0.15, 0.2) is 0 Å². The van der Waals surface area contributed by atoms with Crippen LogP contribution < -0.4 is 0 Å². The Morgan fingerprint density at radius 3 is 3.00 bits per heavy atom. The van der Waals surface area contributed by atoms with Crippen molar-refractivity contribution in [2.45, 2.75) is 38.2 Å². The first-order valence-corrected chi connectivity index (χ1v) is 6.46. The first kappa shape index (κ1) is 8.37. The van der Waals surface area contributed by atoms with Crippen LogP contribution >= 0.6 is 23.2 Å². The monoisotopic (exact) mass is 320 g/mol. The average molecular weight is 321 g/mol. The SMILES string of the molecule is [2H]C([2H])([2H])C([2H])([2H])C([2H])([2H])CC(O)(Cn1cncn1)c1ccc(Cl)cc1Cl. The molecule has 20 heavy (non-hydrogen) atoms. The summed E-state index contributed by atoms with van der Waals surface area (Å²) in [6.07, 6.45) is -4.57. The number of rotatable bonds is 6. The summed E-state index contributed by atoms with van der Waals surface area (Å²) in [5.41, 5.74) is -2.02. The van der Waals surface area contributed by atoms with E-state index < -0.39 is 31.6 Å². The minimum atomic E-state index is -3.24. The van der Waals surface area contributed by atoms with Crippen molar-refractivity contribution in [2.75, 3.05) is 0 Å². The fraction of sp³-hybridized carbons (Fsp3) is 0.429. The second-order valence-electron chi connectivity index (χ2n) is 4.23. The molecule has 6 heteroatoms. The largest absolute Gasteiger partial charge is 0.383 e. The van der Waals surface area contributed by atoms with Crippen LogP contribution in [0.15, 0.2) is 30.9 Å². The Morgan fingerprint density at radius 1 is 1.50 bits per heavy atom. The van der Waals surface area contributed by atoms with Crippen LogP contribution in [0.4, 0.5) is 0 Å². The topological polar surface area (TPSA) is 50.9 Å². The van der Waals surface area contributed by atoms with Crippen molar-refractivity contribution in [3.63, 3.8) is 0 Å². The van der Waals surface area contributed by atoms with Gasteiger partial charge in [-0.25, -0.2) is 9.67 Å². The molecule has 0 saturated heterocycles. The average Bonchev–Trinajstić information content (AvgIpc) is 2.97. The molecule has 4 nitrogen and oxygen atoms in total. The summed E-state index contributed by atoms with van der Waals surface area (Å²) in [6, 6.07) is 4.16. The van der Waals surface area contributed by atoms with E-state index in [1.54, 1.807) is 0 Å². The Labute approximate surface area is 138 Å². The van der Waals surface area contributed by atoms with E-state index in [0.29, 0.717) is 0 Å². The van der Waals surface area contributed by atoms with E-state index >= 15 is 0 Å². The standard InChI is InChI=1S/C14H17Cl2N3O/c1-2-3-6-14(20,8-19-10-17-9-18-19)12-5-4-11(15)7-13(12)16/h4-5,7,9-10,20H,2-3,6,8H2,1H3/i1D3,2D2,3D2. The third-order valence-corrected chi connectivity index (χ3v) is 3.34. The second-order valence-corrected chi connectivity index (χ2v) is 5.07. The first-order valence-electron chi connectivity index (χ1n) is 9.20. The lowest BCUT2D eigenvalue weighted by atomic mass is 9.88. The van der Waals surface area contributed by atoms with E-state index in [4.69, 9.17) is 32.8 Å². The van der Waals surface area contributed by atoms with Crippen molar-refractivity contribution >= 4 is 23.2 Å². The van der Waals surface area contributed by atoms with E-state index in [-0.39, 0.29) is 22.2 Å². The van der Waals surface area contributed by atoms with Crippen molar-refractivity contribution in [3.8, 4) is 0 Å². The molecule has 1 heterocycles. The van der Waals surface area contributed by atoms with Crippen LogP contribution in [0.2, 0.25) is 10.0 Å². The van der Waals surface area contributed by atoms with Gasteiger partial charge in [0.25, 0.3) is 0 Å². The van der Waals surface area contributed by atoms with Gasteiger partial charge in [-0.3, -0.25) is 0 Å². The molecule has 108 valence electrons. The molecule has 1 aromatic carbocycles. The van der Waals surface area contributed by atoms with Gasteiger partial charge in [-0.15, -0.1) is 0 Å². The van der Waals surface area contributed by atoms with E-state index in [9.17, 15) is 5.11 Å². The van der Waals surface area contributed by atoms with Crippen molar-refractivity contribution < 1.29 is 14.7 Å². The van der Waals surface area contributed by atoms with Crippen LogP contribution in [0, 0.1) is 0 Å². The lowest BCUT2D eigenvalue weighted by Gasteiger charge is -2.29. The number of hydrogen-bond donors (Lipinski definition) is 1. The molecule has 0 bridgehead atoms. The van der Waals surface area contributed by atoms with Crippen LogP contribution in [0.25, 0.3) is 0 Å². The van der Waals surface area contributed by atoms with Gasteiger partial charge >= 0.3 is 0 Å². The summed E-state index contributed by atoms with van der Waals surface area (Å²) in [7, 11) is 0. The van der Waals surface area contributed by atoms with E-state index in [0.717, 1.165) is 0 Å². The van der Waals surface area contributed by atoms with E-state index in [2.05, 4.69) is 10.1 Å². The predicted octanol–water partition coefficient (Wildman–Crippen LogP) is 3.66. The number of hydrogen-bond acceptors (Lipinski definition) is 3. The zero-order chi connectivity index (χ0) is 20.7. The molecule has 0 spiro atoms. The molecule has 0 amide bonds. The first-order chi connectivity index (χ1) is 12.2. The highest BCUT2D eigenvalue weighted by Gasteiger charge is 2.31. The fourth-order valence-electron chi connectivity index (χ4n) is 1.88. The second kappa shape index (κ2) is 6.57. The van der Waals surface area contributed by atoms with Crippen LogP contribution in [-0.4, -0.2) is 19.9 Å². The zero-order valence-corrected chi connectivity index (χ0v) is 11.9. The molecule has 1 atom stereocenters. The van der Waals surface area contributed by atoms with Gasteiger partial charge in [-0.05, 0) is 18.6 Å².